The predicted molar refractivity (Wildman–Crippen MR) is 92.5 cm³/mol. The van der Waals surface area contributed by atoms with Gasteiger partial charge in [-0.2, -0.15) is 5.10 Å². The molecule has 8 heteroatoms. The van der Waals surface area contributed by atoms with Crippen molar-refractivity contribution in [1.82, 2.24) is 20.0 Å². The molecule has 3 rings (SSSR count). The molecule has 1 heterocycles. The Morgan fingerprint density at radius 3 is 2.24 bits per heavy atom. The van der Waals surface area contributed by atoms with E-state index in [1.165, 1.54) is 12.1 Å². The van der Waals surface area contributed by atoms with Crippen LogP contribution in [0.3, 0.4) is 0 Å². The van der Waals surface area contributed by atoms with Crippen molar-refractivity contribution in [3.05, 3.63) is 78.1 Å². The van der Waals surface area contributed by atoms with Gasteiger partial charge in [-0.1, -0.05) is 36.4 Å². The van der Waals surface area contributed by atoms with E-state index >= 15 is 0 Å². The fraction of sp³-hybridized carbons (Fsp3) is 0.0588. The summed E-state index contributed by atoms with van der Waals surface area (Å²) in [7, 11) is -3.83. The first-order valence-electron chi connectivity index (χ1n) is 7.46. The van der Waals surface area contributed by atoms with Gasteiger partial charge in [0.25, 0.3) is 15.9 Å². The molecule has 0 unspecified atom stereocenters. The van der Waals surface area contributed by atoms with Gasteiger partial charge in [-0.15, -0.1) is 4.83 Å². The van der Waals surface area contributed by atoms with Crippen molar-refractivity contribution in [2.75, 3.05) is 0 Å². The van der Waals surface area contributed by atoms with Crippen molar-refractivity contribution in [2.45, 2.75) is 11.8 Å². The largest absolute Gasteiger partial charge is 0.273 e. The monoisotopic (exact) mass is 356 g/mol. The highest BCUT2D eigenvalue weighted by atomic mass is 32.2. The Morgan fingerprint density at radius 1 is 1.00 bits per heavy atom. The second kappa shape index (κ2) is 6.88. The normalized spacial score (nSPS) is 11.2. The van der Waals surface area contributed by atoms with Crippen molar-refractivity contribution >= 4 is 15.9 Å². The van der Waals surface area contributed by atoms with Crippen LogP contribution >= 0.6 is 0 Å². The predicted octanol–water partition coefficient (Wildman–Crippen LogP) is 1.80. The van der Waals surface area contributed by atoms with E-state index < -0.39 is 15.9 Å². The van der Waals surface area contributed by atoms with Crippen LogP contribution in [0.4, 0.5) is 0 Å². The molecule has 1 amide bonds. The van der Waals surface area contributed by atoms with Gasteiger partial charge in [0.15, 0.2) is 0 Å². The van der Waals surface area contributed by atoms with Crippen LogP contribution in [0.15, 0.2) is 71.8 Å². The molecule has 7 nitrogen and oxygen atoms in total. The van der Waals surface area contributed by atoms with Crippen molar-refractivity contribution in [3.63, 3.8) is 0 Å². The number of amides is 1. The molecule has 0 fully saturated rings. The number of hydrogen-bond acceptors (Lipinski definition) is 4. The summed E-state index contributed by atoms with van der Waals surface area (Å²) in [6, 6.07) is 17.1. The number of hydrazine groups is 1. The van der Waals surface area contributed by atoms with Crippen LogP contribution in [0.2, 0.25) is 0 Å². The molecule has 3 aromatic rings. The number of sulfonamides is 1. The molecule has 2 N–H and O–H groups in total. The van der Waals surface area contributed by atoms with E-state index in [0.717, 1.165) is 5.69 Å². The first kappa shape index (κ1) is 16.9. The average molecular weight is 356 g/mol. The minimum Gasteiger partial charge on any atom is -0.273 e. The van der Waals surface area contributed by atoms with E-state index in [1.807, 2.05) is 30.3 Å². The second-order valence-electron chi connectivity index (χ2n) is 5.28. The van der Waals surface area contributed by atoms with E-state index in [9.17, 15) is 13.2 Å². The Morgan fingerprint density at radius 2 is 1.60 bits per heavy atom. The number of aryl methyl sites for hydroxylation is 1. The highest BCUT2D eigenvalue weighted by Crippen LogP contribution is 2.12. The Hall–Kier alpha value is -2.97. The van der Waals surface area contributed by atoms with Crippen LogP contribution < -0.4 is 10.3 Å². The molecular weight excluding hydrogens is 340 g/mol. The smallest absolute Gasteiger partial charge is 0.269 e. The lowest BCUT2D eigenvalue weighted by Gasteiger charge is -2.07. The quantitative estimate of drug-likeness (QED) is 0.682. The molecule has 0 aliphatic rings. The maximum absolute atomic E-state index is 12.3. The summed E-state index contributed by atoms with van der Waals surface area (Å²) >= 11 is 0. The zero-order valence-corrected chi connectivity index (χ0v) is 14.2. The summed E-state index contributed by atoms with van der Waals surface area (Å²) in [5.74, 6) is -0.584. The standard InChI is InChI=1S/C17H16N4O3S/c1-13-16(12-21(19-13)14-8-4-2-5-9-14)17(22)18-20-25(23,24)15-10-6-3-7-11-15/h2-12,20H,1H3,(H,18,22). The summed E-state index contributed by atoms with van der Waals surface area (Å²) in [6.07, 6.45) is 1.55. The van der Waals surface area contributed by atoms with Gasteiger partial charge in [-0.25, -0.2) is 13.1 Å². The topological polar surface area (TPSA) is 93.1 Å². The van der Waals surface area contributed by atoms with E-state index in [4.69, 9.17) is 0 Å². The highest BCUT2D eigenvalue weighted by Gasteiger charge is 2.18. The number of nitrogens with one attached hydrogen (secondary N) is 2. The SMILES string of the molecule is Cc1nn(-c2ccccc2)cc1C(=O)NNS(=O)(=O)c1ccccc1. The minimum absolute atomic E-state index is 0.0620. The number of aromatic nitrogens is 2. The summed E-state index contributed by atoms with van der Waals surface area (Å²) < 4.78 is 25.8. The van der Waals surface area contributed by atoms with Crippen LogP contribution in [0.5, 0.6) is 0 Å². The Balaban J connectivity index is 1.75. The number of nitrogens with zero attached hydrogens (tertiary/aromatic N) is 2. The molecule has 0 atom stereocenters. The lowest BCUT2D eigenvalue weighted by molar-refractivity contribution is 0.0944. The number of carbonyl (C=O) groups excluding carboxylic acids is 1. The highest BCUT2D eigenvalue weighted by molar-refractivity contribution is 7.89. The maximum Gasteiger partial charge on any atom is 0.269 e. The first-order chi connectivity index (χ1) is 12.0. The molecule has 1 aromatic heterocycles. The van der Waals surface area contributed by atoms with Gasteiger partial charge in [0.2, 0.25) is 0 Å². The third-order valence-electron chi connectivity index (χ3n) is 3.52. The van der Waals surface area contributed by atoms with E-state index in [1.54, 1.807) is 36.0 Å². The van der Waals surface area contributed by atoms with Gasteiger partial charge in [-0.3, -0.25) is 10.2 Å². The molecule has 0 saturated heterocycles. The third-order valence-corrected chi connectivity index (χ3v) is 4.78. The molecular formula is C17H16N4O3S. The zero-order valence-electron chi connectivity index (χ0n) is 13.4. The van der Waals surface area contributed by atoms with Gasteiger partial charge < -0.3 is 0 Å². The second-order valence-corrected chi connectivity index (χ2v) is 6.96. The van der Waals surface area contributed by atoms with E-state index in [0.29, 0.717) is 5.69 Å². The zero-order chi connectivity index (χ0) is 17.9. The molecule has 0 aliphatic carbocycles. The van der Waals surface area contributed by atoms with Gasteiger partial charge >= 0.3 is 0 Å². The van der Waals surface area contributed by atoms with Crippen LogP contribution in [0.1, 0.15) is 16.1 Å². The Labute approximate surface area is 145 Å². The molecule has 0 spiro atoms. The molecule has 0 radical (unpaired) electrons. The lowest BCUT2D eigenvalue weighted by Crippen LogP contribution is -2.41. The van der Waals surface area contributed by atoms with Gasteiger partial charge in [-0.05, 0) is 31.2 Å². The van der Waals surface area contributed by atoms with Crippen LogP contribution in [-0.2, 0) is 10.0 Å². The number of para-hydroxylation sites is 1. The average Bonchev–Trinajstić information content (AvgIpc) is 3.03. The molecule has 0 bridgehead atoms. The van der Waals surface area contributed by atoms with E-state index in [2.05, 4.69) is 15.4 Å². The van der Waals surface area contributed by atoms with Crippen molar-refractivity contribution in [2.24, 2.45) is 0 Å². The Bertz CT molecular complexity index is 983. The molecule has 2 aromatic carbocycles. The number of rotatable bonds is 5. The Kier molecular flexibility index (Phi) is 4.64. The summed E-state index contributed by atoms with van der Waals surface area (Å²) in [5.41, 5.74) is 3.78. The molecule has 0 aliphatic heterocycles. The van der Waals surface area contributed by atoms with Crippen LogP contribution in [-0.4, -0.2) is 24.1 Å². The minimum atomic E-state index is -3.83. The molecule has 0 saturated carbocycles. The summed E-state index contributed by atoms with van der Waals surface area (Å²) in [5, 5.41) is 4.28. The van der Waals surface area contributed by atoms with Crippen molar-refractivity contribution < 1.29 is 13.2 Å². The number of carbonyl (C=O) groups is 1. The van der Waals surface area contributed by atoms with Gasteiger partial charge in [0.1, 0.15) is 0 Å². The number of hydrogen-bond donors (Lipinski definition) is 2. The molecule has 25 heavy (non-hydrogen) atoms. The summed E-state index contributed by atoms with van der Waals surface area (Å²) in [6.45, 7) is 1.68. The lowest BCUT2D eigenvalue weighted by atomic mass is 10.2. The van der Waals surface area contributed by atoms with E-state index in [-0.39, 0.29) is 10.5 Å². The van der Waals surface area contributed by atoms with Crippen LogP contribution in [0, 0.1) is 6.92 Å². The maximum atomic E-state index is 12.3. The summed E-state index contributed by atoms with van der Waals surface area (Å²) in [4.78, 5) is 14.4. The van der Waals surface area contributed by atoms with Crippen LogP contribution in [0.25, 0.3) is 5.69 Å². The van der Waals surface area contributed by atoms with Gasteiger partial charge in [0.05, 0.1) is 21.8 Å². The van der Waals surface area contributed by atoms with Crippen molar-refractivity contribution in [1.29, 1.82) is 0 Å². The van der Waals surface area contributed by atoms with Gasteiger partial charge in [0, 0.05) is 6.20 Å². The molecule has 128 valence electrons. The fourth-order valence-corrected chi connectivity index (χ4v) is 3.10. The number of benzene rings is 2. The fourth-order valence-electron chi connectivity index (χ4n) is 2.24. The first-order valence-corrected chi connectivity index (χ1v) is 8.94. The third kappa shape index (κ3) is 3.76. The van der Waals surface area contributed by atoms with Crippen molar-refractivity contribution in [3.8, 4) is 5.69 Å².